The number of piperidine rings is 1. The van der Waals surface area contributed by atoms with E-state index in [0.717, 1.165) is 57.0 Å². The van der Waals surface area contributed by atoms with E-state index < -0.39 is 0 Å². The Bertz CT molecular complexity index is 887. The summed E-state index contributed by atoms with van der Waals surface area (Å²) in [7, 11) is 1.85. The molecule has 2 aromatic rings. The van der Waals surface area contributed by atoms with E-state index in [1.54, 1.807) is 18.6 Å². The minimum absolute atomic E-state index is 0.0155. The molecule has 0 spiro atoms. The second-order valence-corrected chi connectivity index (χ2v) is 8.20. The van der Waals surface area contributed by atoms with Crippen molar-refractivity contribution in [2.75, 3.05) is 48.8 Å². The highest BCUT2D eigenvalue weighted by Crippen LogP contribution is 2.27. The molecule has 1 amide bonds. The molecule has 4 heterocycles. The lowest BCUT2D eigenvalue weighted by Gasteiger charge is -2.27. The van der Waals surface area contributed by atoms with Gasteiger partial charge in [-0.2, -0.15) is 0 Å². The summed E-state index contributed by atoms with van der Waals surface area (Å²) in [5.74, 6) is 2.34. The summed E-state index contributed by atoms with van der Waals surface area (Å²) >= 11 is 6.45. The van der Waals surface area contributed by atoms with Crippen LogP contribution in [0.3, 0.4) is 0 Å². The monoisotopic (exact) mass is 429 g/mol. The third kappa shape index (κ3) is 4.59. The van der Waals surface area contributed by atoms with E-state index >= 15 is 0 Å². The van der Waals surface area contributed by atoms with Crippen LogP contribution in [0.15, 0.2) is 24.7 Å². The maximum atomic E-state index is 12.7. The number of pyridine rings is 1. The van der Waals surface area contributed by atoms with E-state index in [9.17, 15) is 4.79 Å². The summed E-state index contributed by atoms with van der Waals surface area (Å²) in [5, 5.41) is 6.89. The molecule has 2 aliphatic rings. The van der Waals surface area contributed by atoms with Gasteiger partial charge in [-0.05, 0) is 38.2 Å². The van der Waals surface area contributed by atoms with Crippen LogP contribution in [0, 0.1) is 0 Å². The molecule has 2 aliphatic heterocycles. The van der Waals surface area contributed by atoms with Crippen molar-refractivity contribution >= 4 is 35.0 Å². The molecular formula is C21H28ClN7O. The van der Waals surface area contributed by atoms with Crippen LogP contribution in [0.25, 0.3) is 0 Å². The first kappa shape index (κ1) is 20.7. The highest BCUT2D eigenvalue weighted by atomic mass is 35.5. The van der Waals surface area contributed by atoms with Crippen LogP contribution in [0.5, 0.6) is 0 Å². The summed E-state index contributed by atoms with van der Waals surface area (Å²) in [6.45, 7) is 3.28. The van der Waals surface area contributed by atoms with Gasteiger partial charge in [-0.1, -0.05) is 11.6 Å². The van der Waals surface area contributed by atoms with Crippen LogP contribution in [-0.2, 0) is 0 Å². The highest BCUT2D eigenvalue weighted by molar-refractivity contribution is 6.33. The summed E-state index contributed by atoms with van der Waals surface area (Å²) in [4.78, 5) is 29.9. The molecule has 160 valence electrons. The van der Waals surface area contributed by atoms with Gasteiger partial charge >= 0.3 is 0 Å². The first-order chi connectivity index (χ1) is 14.7. The Kier molecular flexibility index (Phi) is 6.52. The van der Waals surface area contributed by atoms with E-state index in [1.165, 1.54) is 6.42 Å². The summed E-state index contributed by atoms with van der Waals surface area (Å²) < 4.78 is 0. The minimum Gasteiger partial charge on any atom is -0.373 e. The standard InChI is InChI=1S/C21H28ClN7O/c1-23-18-11-19(27-14-26-18)29-9-5-6-16(29)13-25-20-17(22)10-15(12-24-20)21(30)28-7-3-2-4-8-28/h10-12,14,16H,2-9,13H2,1H3,(H,24,25)(H,23,26,27). The lowest BCUT2D eigenvalue weighted by atomic mass is 10.1. The third-order valence-electron chi connectivity index (χ3n) is 5.82. The van der Waals surface area contributed by atoms with E-state index in [2.05, 4.69) is 30.5 Å². The van der Waals surface area contributed by atoms with Gasteiger partial charge in [0.1, 0.15) is 23.8 Å². The van der Waals surface area contributed by atoms with Crippen molar-refractivity contribution in [3.8, 4) is 0 Å². The molecule has 0 aromatic carbocycles. The fraction of sp³-hybridized carbons (Fsp3) is 0.524. The lowest BCUT2D eigenvalue weighted by Crippen LogP contribution is -2.36. The van der Waals surface area contributed by atoms with Crippen molar-refractivity contribution in [1.82, 2.24) is 19.9 Å². The number of likely N-dealkylation sites (tertiary alicyclic amines) is 1. The van der Waals surface area contributed by atoms with E-state index in [1.807, 2.05) is 18.0 Å². The van der Waals surface area contributed by atoms with Gasteiger partial charge in [0.2, 0.25) is 0 Å². The maximum Gasteiger partial charge on any atom is 0.255 e. The van der Waals surface area contributed by atoms with Crippen LogP contribution in [0.4, 0.5) is 17.5 Å². The molecule has 1 unspecified atom stereocenters. The fourth-order valence-corrected chi connectivity index (χ4v) is 4.40. The second-order valence-electron chi connectivity index (χ2n) is 7.79. The topological polar surface area (TPSA) is 86.3 Å². The number of nitrogens with zero attached hydrogens (tertiary/aromatic N) is 5. The number of hydrogen-bond acceptors (Lipinski definition) is 7. The van der Waals surface area contributed by atoms with Gasteiger partial charge in [0, 0.05) is 51.5 Å². The summed E-state index contributed by atoms with van der Waals surface area (Å²) in [6, 6.07) is 3.98. The lowest BCUT2D eigenvalue weighted by molar-refractivity contribution is 0.0724. The van der Waals surface area contributed by atoms with Crippen LogP contribution >= 0.6 is 11.6 Å². The zero-order valence-corrected chi connectivity index (χ0v) is 18.0. The van der Waals surface area contributed by atoms with Crippen molar-refractivity contribution in [2.24, 2.45) is 0 Å². The Hall–Kier alpha value is -2.61. The average molecular weight is 430 g/mol. The van der Waals surface area contributed by atoms with E-state index in [-0.39, 0.29) is 11.9 Å². The molecule has 0 radical (unpaired) electrons. The number of hydrogen-bond donors (Lipinski definition) is 2. The van der Waals surface area contributed by atoms with Crippen LogP contribution < -0.4 is 15.5 Å². The number of aromatic nitrogens is 3. The molecular weight excluding hydrogens is 402 g/mol. The van der Waals surface area contributed by atoms with Crippen LogP contribution in [0.2, 0.25) is 5.02 Å². The summed E-state index contributed by atoms with van der Waals surface area (Å²) in [6.07, 6.45) is 8.70. The van der Waals surface area contributed by atoms with Gasteiger partial charge < -0.3 is 20.4 Å². The number of halogens is 1. The smallest absolute Gasteiger partial charge is 0.255 e. The first-order valence-electron chi connectivity index (χ1n) is 10.6. The molecule has 0 aliphatic carbocycles. The molecule has 2 aromatic heterocycles. The largest absolute Gasteiger partial charge is 0.373 e. The molecule has 8 nitrogen and oxygen atoms in total. The SMILES string of the molecule is CNc1cc(N2CCCC2CNc2ncc(C(=O)N3CCCCC3)cc2Cl)ncn1. The van der Waals surface area contributed by atoms with Crippen molar-refractivity contribution < 1.29 is 4.79 Å². The van der Waals surface area contributed by atoms with Gasteiger partial charge in [0.25, 0.3) is 5.91 Å². The molecule has 4 rings (SSSR count). The number of carbonyl (C=O) groups excluding carboxylic acids is 1. The molecule has 2 saturated heterocycles. The number of rotatable bonds is 6. The molecule has 2 N–H and O–H groups in total. The number of anilines is 3. The molecule has 1 atom stereocenters. The number of nitrogens with one attached hydrogen (secondary N) is 2. The van der Waals surface area contributed by atoms with Gasteiger partial charge in [0.15, 0.2) is 0 Å². The number of carbonyl (C=O) groups is 1. The quantitative estimate of drug-likeness (QED) is 0.728. The normalized spacial score (nSPS) is 19.1. The molecule has 30 heavy (non-hydrogen) atoms. The molecule has 2 fully saturated rings. The van der Waals surface area contributed by atoms with Crippen molar-refractivity contribution in [1.29, 1.82) is 0 Å². The molecule has 9 heteroatoms. The van der Waals surface area contributed by atoms with Crippen LogP contribution in [-0.4, -0.2) is 65.0 Å². The number of amides is 1. The van der Waals surface area contributed by atoms with Crippen molar-refractivity contribution in [2.45, 2.75) is 38.1 Å². The summed E-state index contributed by atoms with van der Waals surface area (Å²) in [5.41, 5.74) is 0.551. The Morgan fingerprint density at radius 3 is 2.73 bits per heavy atom. The Labute approximate surface area is 182 Å². The predicted octanol–water partition coefficient (Wildman–Crippen LogP) is 3.27. The minimum atomic E-state index is 0.0155. The van der Waals surface area contributed by atoms with E-state index in [0.29, 0.717) is 22.9 Å². The fourth-order valence-electron chi connectivity index (χ4n) is 4.17. The molecule has 0 saturated carbocycles. The van der Waals surface area contributed by atoms with Gasteiger partial charge in [-0.15, -0.1) is 0 Å². The second kappa shape index (κ2) is 9.47. The zero-order valence-electron chi connectivity index (χ0n) is 17.3. The Balaban J connectivity index is 1.40. The molecule has 0 bridgehead atoms. The average Bonchev–Trinajstić information content (AvgIpc) is 3.27. The zero-order chi connectivity index (χ0) is 20.9. The first-order valence-corrected chi connectivity index (χ1v) is 11.0. The maximum absolute atomic E-state index is 12.7. The van der Waals surface area contributed by atoms with Gasteiger partial charge in [-0.25, -0.2) is 15.0 Å². The predicted molar refractivity (Wildman–Crippen MR) is 119 cm³/mol. The van der Waals surface area contributed by atoms with Crippen LogP contribution in [0.1, 0.15) is 42.5 Å². The van der Waals surface area contributed by atoms with Gasteiger partial charge in [0.05, 0.1) is 10.6 Å². The van der Waals surface area contributed by atoms with Gasteiger partial charge in [-0.3, -0.25) is 4.79 Å². The van der Waals surface area contributed by atoms with E-state index in [4.69, 9.17) is 11.6 Å². The Morgan fingerprint density at radius 2 is 1.97 bits per heavy atom. The van der Waals surface area contributed by atoms with Crippen molar-refractivity contribution in [3.63, 3.8) is 0 Å². The highest BCUT2D eigenvalue weighted by Gasteiger charge is 2.26. The van der Waals surface area contributed by atoms with Crippen molar-refractivity contribution in [3.05, 3.63) is 35.2 Å². The Morgan fingerprint density at radius 1 is 1.13 bits per heavy atom. The third-order valence-corrected chi connectivity index (χ3v) is 6.10.